The number of carboxylic acids is 1. The quantitative estimate of drug-likeness (QED) is 0.0201. The summed E-state index contributed by atoms with van der Waals surface area (Å²) in [5, 5.41) is 28.8. The van der Waals surface area contributed by atoms with Crippen molar-refractivity contribution in [2.75, 3.05) is 38.2 Å². The molecule has 1 heterocycles. The number of hydrogen-bond donors (Lipinski definition) is 14. The lowest BCUT2D eigenvalue weighted by atomic mass is 10.0. The summed E-state index contributed by atoms with van der Waals surface area (Å²) in [5.41, 5.74) is 35.2. The number of primary amides is 1. The maximum atomic E-state index is 14.7. The molecule has 2 aromatic rings. The highest BCUT2D eigenvalue weighted by atomic mass is 32.2. The Labute approximate surface area is 490 Å². The van der Waals surface area contributed by atoms with Crippen LogP contribution in [-0.2, 0) is 60.8 Å². The Balaban J connectivity index is 1.94. The Kier molecular flexibility index (Phi) is 31.7. The van der Waals surface area contributed by atoms with Crippen LogP contribution in [0.15, 0.2) is 65.7 Å². The number of likely N-dealkylation sites (tertiary alicyclic amines) is 1. The number of guanidine groups is 1. The second-order valence-electron chi connectivity index (χ2n) is 21.0. The van der Waals surface area contributed by atoms with Crippen molar-refractivity contribution >= 4 is 76.9 Å². The van der Waals surface area contributed by atoms with Crippen LogP contribution in [0.4, 0.5) is 0 Å². The first-order valence-electron chi connectivity index (χ1n) is 28.3. The van der Waals surface area contributed by atoms with Gasteiger partial charge in [-0.05, 0) is 119 Å². The number of benzene rings is 2. The number of carbonyl (C=O) groups is 10. The monoisotopic (exact) mass is 1180 g/mol. The molecule has 20 N–H and O–H groups in total. The van der Waals surface area contributed by atoms with Crippen LogP contribution in [0.5, 0.6) is 0 Å². The molecule has 2 aromatic carbocycles. The number of hydrogen-bond acceptors (Lipinski definition) is 15. The molecule has 0 aliphatic carbocycles. The number of nitrogens with zero attached hydrogens (tertiary/aromatic N) is 2. The number of nitrogens with two attached hydrogens (primary N) is 6. The molecule has 83 heavy (non-hydrogen) atoms. The number of aliphatic imine (C=N–C) groups is 1. The number of thioether (sulfide) groups is 1. The van der Waals surface area contributed by atoms with E-state index in [1.165, 1.54) is 16.7 Å². The highest BCUT2D eigenvalue weighted by Crippen LogP contribution is 2.21. The van der Waals surface area contributed by atoms with E-state index in [0.717, 1.165) is 0 Å². The predicted octanol–water partition coefficient (Wildman–Crippen LogP) is -1.75. The van der Waals surface area contributed by atoms with Gasteiger partial charge in [-0.3, -0.25) is 48.1 Å². The van der Waals surface area contributed by atoms with Crippen LogP contribution in [0.3, 0.4) is 0 Å². The van der Waals surface area contributed by atoms with Crippen molar-refractivity contribution < 1.29 is 53.1 Å². The molecule has 9 amide bonds. The van der Waals surface area contributed by atoms with Crippen molar-refractivity contribution in [3.8, 4) is 0 Å². The van der Waals surface area contributed by atoms with Crippen molar-refractivity contribution in [2.45, 2.75) is 165 Å². The maximum absolute atomic E-state index is 14.7. The summed E-state index contributed by atoms with van der Waals surface area (Å²) < 4.78 is 0. The van der Waals surface area contributed by atoms with Crippen LogP contribution in [0.2, 0.25) is 0 Å². The molecule has 0 radical (unpaired) electrons. The summed E-state index contributed by atoms with van der Waals surface area (Å²) in [7, 11) is 0. The standard InChI is InChI=1S/C56H89N15O11S/c1-34(2)30-44(55(81)82)70-49(75)39(24-29-83-3)65-50(76)41(31-35-16-6-4-7-17-35)68-48(74)38(21-10-12-25-57)64-51(77)42(32-36-18-8-5-9-19-36)69-53(79)45-23-15-28-71(45)54(80)40(22-11-13-26-58)66-52(78)43(33-46(60)72)67-47(73)37(59)20-14-27-63-56(61)62/h4-9,16-19,34,37-45H,10-15,20-33,57-59H2,1-3H3,(H2,60,72)(H,64,77)(H,65,76)(H,66,78)(H,67,73)(H,68,74)(H,69,79)(H,70,75)(H,81,82)(H4,61,62,63)/t37-,38-,39-,40-,41-,42-,43-,44-,45-/m0/s1. The highest BCUT2D eigenvalue weighted by molar-refractivity contribution is 7.98. The van der Waals surface area contributed by atoms with E-state index in [1.807, 2.05) is 20.1 Å². The van der Waals surface area contributed by atoms with Gasteiger partial charge in [0.05, 0.1) is 12.5 Å². The Hall–Kier alpha value is -7.36. The minimum absolute atomic E-state index is 0.0341. The second kappa shape index (κ2) is 37.7. The highest BCUT2D eigenvalue weighted by Gasteiger charge is 2.40. The van der Waals surface area contributed by atoms with Crippen LogP contribution in [-0.4, -0.2) is 168 Å². The van der Waals surface area contributed by atoms with E-state index in [0.29, 0.717) is 55.4 Å². The topological polar surface area (TPSA) is 447 Å². The van der Waals surface area contributed by atoms with Gasteiger partial charge in [0.1, 0.15) is 48.3 Å². The number of aliphatic carboxylic acids is 1. The summed E-state index contributed by atoms with van der Waals surface area (Å²) in [5.74, 6) is -7.89. The third-order valence-corrected chi connectivity index (χ3v) is 14.4. The average molecular weight is 1180 g/mol. The number of unbranched alkanes of at least 4 members (excludes halogenated alkanes) is 2. The zero-order valence-corrected chi connectivity index (χ0v) is 48.8. The molecular weight excluding hydrogens is 1090 g/mol. The Morgan fingerprint density at radius 3 is 1.58 bits per heavy atom. The summed E-state index contributed by atoms with van der Waals surface area (Å²) in [6, 6.07) is 6.27. The minimum atomic E-state index is -1.52. The fraction of sp³-hybridized carbons (Fsp3) is 0.589. The van der Waals surface area contributed by atoms with Gasteiger partial charge in [0, 0.05) is 25.9 Å². The van der Waals surface area contributed by atoms with Gasteiger partial charge in [-0.2, -0.15) is 11.8 Å². The molecule has 0 saturated carbocycles. The molecule has 0 spiro atoms. The van der Waals surface area contributed by atoms with Gasteiger partial charge in [-0.1, -0.05) is 74.5 Å². The number of carboxylic acid groups (broad SMARTS) is 1. The molecule has 27 heteroatoms. The summed E-state index contributed by atoms with van der Waals surface area (Å²) >= 11 is 1.42. The predicted molar refractivity (Wildman–Crippen MR) is 316 cm³/mol. The Morgan fingerprint density at radius 1 is 0.602 bits per heavy atom. The first-order chi connectivity index (χ1) is 39.6. The fourth-order valence-electron chi connectivity index (χ4n) is 9.30. The number of nitrogens with one attached hydrogen (secondary N) is 7. The maximum Gasteiger partial charge on any atom is 0.326 e. The Bertz CT molecular complexity index is 2460. The first-order valence-corrected chi connectivity index (χ1v) is 29.7. The van der Waals surface area contributed by atoms with Crippen LogP contribution >= 0.6 is 11.8 Å². The third-order valence-electron chi connectivity index (χ3n) is 13.7. The van der Waals surface area contributed by atoms with Crippen molar-refractivity contribution in [1.29, 1.82) is 0 Å². The van der Waals surface area contributed by atoms with Gasteiger partial charge in [-0.25, -0.2) is 4.79 Å². The molecule has 26 nitrogen and oxygen atoms in total. The minimum Gasteiger partial charge on any atom is -0.480 e. The van der Waals surface area contributed by atoms with E-state index in [4.69, 9.17) is 34.4 Å². The number of carbonyl (C=O) groups excluding carboxylic acids is 9. The van der Waals surface area contributed by atoms with Crippen molar-refractivity contribution in [3.05, 3.63) is 71.8 Å². The summed E-state index contributed by atoms with van der Waals surface area (Å²) in [6.07, 6.45) is 4.19. The molecular formula is C56H89N15O11S. The van der Waals surface area contributed by atoms with Crippen LogP contribution in [0, 0.1) is 5.92 Å². The molecule has 1 aliphatic heterocycles. The van der Waals surface area contributed by atoms with Crippen molar-refractivity contribution in [3.63, 3.8) is 0 Å². The lowest BCUT2D eigenvalue weighted by Crippen LogP contribution is -2.60. The molecule has 0 unspecified atom stereocenters. The largest absolute Gasteiger partial charge is 0.480 e. The van der Waals surface area contributed by atoms with E-state index < -0.39 is 120 Å². The van der Waals surface area contributed by atoms with Gasteiger partial charge in [0.25, 0.3) is 0 Å². The van der Waals surface area contributed by atoms with E-state index in [9.17, 15) is 53.1 Å². The third kappa shape index (κ3) is 25.8. The molecule has 3 rings (SSSR count). The molecule has 0 aromatic heterocycles. The van der Waals surface area contributed by atoms with Gasteiger partial charge < -0.3 is 81.6 Å². The summed E-state index contributed by atoms with van der Waals surface area (Å²) in [4.78, 5) is 143. The Morgan fingerprint density at radius 2 is 1.07 bits per heavy atom. The molecule has 1 saturated heterocycles. The molecule has 1 aliphatic rings. The van der Waals surface area contributed by atoms with E-state index in [2.05, 4.69) is 42.2 Å². The first kappa shape index (κ1) is 69.9. The normalized spacial score (nSPS) is 15.8. The number of amides is 9. The molecule has 460 valence electrons. The van der Waals surface area contributed by atoms with Crippen molar-refractivity contribution in [1.82, 2.24) is 42.1 Å². The van der Waals surface area contributed by atoms with Crippen LogP contribution in [0.1, 0.15) is 108 Å². The summed E-state index contributed by atoms with van der Waals surface area (Å²) in [6.45, 7) is 4.46. The smallest absolute Gasteiger partial charge is 0.326 e. The fourth-order valence-corrected chi connectivity index (χ4v) is 9.77. The van der Waals surface area contributed by atoms with Gasteiger partial charge in [-0.15, -0.1) is 0 Å². The van der Waals surface area contributed by atoms with E-state index in [1.54, 1.807) is 60.7 Å². The average Bonchev–Trinajstić information content (AvgIpc) is 3.98. The zero-order chi connectivity index (χ0) is 61.4. The van der Waals surface area contributed by atoms with E-state index >= 15 is 0 Å². The molecule has 0 bridgehead atoms. The van der Waals surface area contributed by atoms with Gasteiger partial charge in [0.15, 0.2) is 5.96 Å². The van der Waals surface area contributed by atoms with E-state index in [-0.39, 0.29) is 89.4 Å². The molecule has 9 atom stereocenters. The van der Waals surface area contributed by atoms with Gasteiger partial charge in [0.2, 0.25) is 53.2 Å². The SMILES string of the molecule is CSCC[C@H](NC(=O)[C@H](Cc1ccccc1)NC(=O)[C@H](CCCCN)NC(=O)[C@H](Cc1ccccc1)NC(=O)[C@@H]1CCCN1C(=O)[C@H](CCCCN)NC(=O)[C@H](CC(N)=O)NC(=O)[C@@H](N)CCCN=C(N)N)C(=O)N[C@@H](CC(C)C)C(=O)O. The zero-order valence-electron chi connectivity index (χ0n) is 48.0. The number of rotatable bonds is 39. The van der Waals surface area contributed by atoms with Crippen LogP contribution < -0.4 is 71.6 Å². The lowest BCUT2D eigenvalue weighted by molar-refractivity contribution is -0.143. The van der Waals surface area contributed by atoms with Gasteiger partial charge >= 0.3 is 5.97 Å². The second-order valence-corrected chi connectivity index (χ2v) is 22.0. The van der Waals surface area contributed by atoms with Crippen molar-refractivity contribution in [2.24, 2.45) is 45.3 Å². The lowest BCUT2D eigenvalue weighted by Gasteiger charge is -2.31. The van der Waals surface area contributed by atoms with Crippen LogP contribution in [0.25, 0.3) is 0 Å². The molecule has 1 fully saturated rings.